The lowest BCUT2D eigenvalue weighted by Gasteiger charge is -2.43. The van der Waals surface area contributed by atoms with Gasteiger partial charge < -0.3 is 38.3 Å². The van der Waals surface area contributed by atoms with Crippen LogP contribution in [-0.2, 0) is 49.3 Å². The summed E-state index contributed by atoms with van der Waals surface area (Å²) < 4.78 is 38.6. The molecule has 238 valence electrons. The van der Waals surface area contributed by atoms with Crippen LogP contribution < -0.4 is 9.47 Å². The van der Waals surface area contributed by atoms with E-state index in [9.17, 15) is 29.1 Å². The summed E-state index contributed by atoms with van der Waals surface area (Å²) >= 11 is 0. The van der Waals surface area contributed by atoms with Crippen molar-refractivity contribution in [2.75, 3.05) is 6.61 Å². The molecule has 1 saturated heterocycles. The fourth-order valence-corrected chi connectivity index (χ4v) is 4.48. The number of carbonyl (C=O) groups excluding carboxylic acids is 5. The molecule has 2 aromatic carbocycles. The molecule has 1 N–H and O–H groups in total. The molecule has 0 spiro atoms. The Bertz CT molecular complexity index is 1350. The van der Waals surface area contributed by atoms with Crippen LogP contribution in [0.1, 0.15) is 57.5 Å². The summed E-state index contributed by atoms with van der Waals surface area (Å²) in [6.07, 6.45) is -6.92. The van der Waals surface area contributed by atoms with E-state index in [4.69, 9.17) is 33.2 Å². The summed E-state index contributed by atoms with van der Waals surface area (Å²) in [5.74, 6) is -3.11. The van der Waals surface area contributed by atoms with Gasteiger partial charge in [0.15, 0.2) is 18.0 Å². The van der Waals surface area contributed by atoms with Crippen LogP contribution in [0.4, 0.5) is 0 Å². The summed E-state index contributed by atoms with van der Waals surface area (Å²) in [5.41, 5.74) is 0.740. The van der Waals surface area contributed by atoms with Crippen molar-refractivity contribution in [1.82, 2.24) is 0 Å². The Hall–Kier alpha value is -4.65. The fourth-order valence-electron chi connectivity index (χ4n) is 4.48. The van der Waals surface area contributed by atoms with Crippen molar-refractivity contribution in [3.63, 3.8) is 0 Å². The van der Waals surface area contributed by atoms with E-state index in [2.05, 4.69) is 0 Å². The number of esters is 4. The first-order chi connectivity index (χ1) is 20.7. The second-order valence-corrected chi connectivity index (χ2v) is 10.3. The number of carbonyl (C=O) groups is 5. The number of hydrogen-bond donors (Lipinski definition) is 1. The highest BCUT2D eigenvalue weighted by Gasteiger charge is 2.53. The first kappa shape index (κ1) is 33.8. The predicted octanol–water partition coefficient (Wildman–Crippen LogP) is 3.07. The van der Waals surface area contributed by atoms with Gasteiger partial charge in [-0.25, -0.2) is 0 Å². The average molecular weight is 617 g/mol. The zero-order valence-electron chi connectivity index (χ0n) is 25.3. The van der Waals surface area contributed by atoms with Gasteiger partial charge in [-0.05, 0) is 43.7 Å². The minimum atomic E-state index is -1.50. The van der Waals surface area contributed by atoms with Crippen LogP contribution in [0, 0.1) is 0 Å². The maximum absolute atomic E-state index is 13.0. The lowest BCUT2D eigenvalue weighted by molar-refractivity contribution is -0.288. The molecule has 1 fully saturated rings. The number of phenols is 1. The largest absolute Gasteiger partial charge is 0.507 e. The summed E-state index contributed by atoms with van der Waals surface area (Å²) in [7, 11) is 0. The topological polar surface area (TPSA) is 170 Å². The Morgan fingerprint density at radius 3 is 1.89 bits per heavy atom. The summed E-state index contributed by atoms with van der Waals surface area (Å²) in [5, 5.41) is 10.7. The van der Waals surface area contributed by atoms with Gasteiger partial charge in [0.05, 0.1) is 11.7 Å². The molecular weight excluding hydrogens is 580 g/mol. The van der Waals surface area contributed by atoms with Gasteiger partial charge >= 0.3 is 23.9 Å². The quantitative estimate of drug-likeness (QED) is 0.210. The molecule has 2 aromatic rings. The van der Waals surface area contributed by atoms with Crippen molar-refractivity contribution in [2.45, 2.75) is 84.8 Å². The van der Waals surface area contributed by atoms with Gasteiger partial charge in [-0.15, -0.1) is 0 Å². The molecule has 13 heteroatoms. The van der Waals surface area contributed by atoms with Crippen LogP contribution in [0.5, 0.6) is 17.2 Å². The first-order valence-corrected chi connectivity index (χ1v) is 13.8. The number of phenolic OH excluding ortho intramolecular Hbond substituents is 1. The summed E-state index contributed by atoms with van der Waals surface area (Å²) in [6.45, 7) is 7.85. The third-order valence-electron chi connectivity index (χ3n) is 6.13. The molecule has 0 aliphatic carbocycles. The van der Waals surface area contributed by atoms with Gasteiger partial charge in [-0.1, -0.05) is 12.1 Å². The Morgan fingerprint density at radius 1 is 0.773 bits per heavy atom. The second-order valence-electron chi connectivity index (χ2n) is 10.3. The molecule has 3 rings (SSSR count). The zero-order chi connectivity index (χ0) is 32.6. The Kier molecular flexibility index (Phi) is 11.7. The third-order valence-corrected chi connectivity index (χ3v) is 6.13. The van der Waals surface area contributed by atoms with E-state index in [0.29, 0.717) is 11.3 Å². The second kappa shape index (κ2) is 15.2. The number of hydrogen-bond acceptors (Lipinski definition) is 13. The van der Waals surface area contributed by atoms with E-state index >= 15 is 0 Å². The molecule has 0 radical (unpaired) electrons. The maximum atomic E-state index is 13.0. The number of ketones is 1. The van der Waals surface area contributed by atoms with Crippen molar-refractivity contribution >= 4 is 29.7 Å². The monoisotopic (exact) mass is 616 g/mol. The molecule has 1 aliphatic rings. The molecule has 1 heterocycles. The van der Waals surface area contributed by atoms with Crippen molar-refractivity contribution in [3.05, 3.63) is 53.6 Å². The highest BCUT2D eigenvalue weighted by atomic mass is 16.7. The molecule has 0 saturated carbocycles. The molecule has 5 atom stereocenters. The lowest BCUT2D eigenvalue weighted by Crippen LogP contribution is -2.63. The molecule has 0 aromatic heterocycles. The van der Waals surface area contributed by atoms with Crippen LogP contribution >= 0.6 is 0 Å². The van der Waals surface area contributed by atoms with Crippen molar-refractivity contribution in [3.8, 4) is 17.2 Å². The Labute approximate surface area is 254 Å². The van der Waals surface area contributed by atoms with Gasteiger partial charge in [0.25, 0.3) is 0 Å². The average Bonchev–Trinajstić information content (AvgIpc) is 2.91. The number of benzene rings is 2. The van der Waals surface area contributed by atoms with E-state index in [1.54, 1.807) is 24.3 Å². The van der Waals surface area contributed by atoms with Crippen molar-refractivity contribution in [2.24, 2.45) is 0 Å². The van der Waals surface area contributed by atoms with Gasteiger partial charge in [0.1, 0.15) is 30.0 Å². The molecular formula is C31H36O13. The minimum absolute atomic E-state index is 0.00450. The zero-order valence-corrected chi connectivity index (χ0v) is 25.3. The smallest absolute Gasteiger partial charge is 0.303 e. The van der Waals surface area contributed by atoms with E-state index < -0.39 is 66.9 Å². The van der Waals surface area contributed by atoms with E-state index in [1.165, 1.54) is 18.2 Å². The third kappa shape index (κ3) is 9.69. The number of rotatable bonds is 12. The van der Waals surface area contributed by atoms with Gasteiger partial charge in [0, 0.05) is 40.2 Å². The number of ether oxygens (including phenoxy) is 7. The van der Waals surface area contributed by atoms with Crippen LogP contribution in [0.15, 0.2) is 42.5 Å². The Balaban J connectivity index is 1.86. The number of Topliss-reactive ketones (excluding diaryl/α,β-unsaturated/α-hetero) is 1. The molecule has 13 nitrogen and oxygen atoms in total. The highest BCUT2D eigenvalue weighted by molar-refractivity contribution is 6.00. The van der Waals surface area contributed by atoms with Gasteiger partial charge in [0.2, 0.25) is 12.4 Å². The lowest BCUT2D eigenvalue weighted by atomic mass is 9.98. The minimum Gasteiger partial charge on any atom is -0.507 e. The molecule has 1 aliphatic heterocycles. The summed E-state index contributed by atoms with van der Waals surface area (Å²) in [4.78, 5) is 60.4. The maximum Gasteiger partial charge on any atom is 0.303 e. The number of aromatic hydroxyl groups is 1. The SMILES string of the molecule is CC(=O)OC[C@@H]1O[C@H](Oc2ccc(C(=O)Cc3ccc(OC(C)C)cc3)c(O)c2)[C@H](OC(C)=O)[C@@H](OC(C)=O)[C@@H]1OC(C)=O. The van der Waals surface area contributed by atoms with Crippen molar-refractivity contribution in [1.29, 1.82) is 0 Å². The van der Waals surface area contributed by atoms with Crippen LogP contribution in [0.3, 0.4) is 0 Å². The van der Waals surface area contributed by atoms with Crippen LogP contribution in [0.2, 0.25) is 0 Å². The fraction of sp³-hybridized carbons (Fsp3) is 0.452. The van der Waals surface area contributed by atoms with Crippen molar-refractivity contribution < 1.29 is 62.2 Å². The van der Waals surface area contributed by atoms with Gasteiger partial charge in [-0.3, -0.25) is 24.0 Å². The van der Waals surface area contributed by atoms with E-state index in [-0.39, 0.29) is 29.6 Å². The normalized spacial score (nSPS) is 21.1. The van der Waals surface area contributed by atoms with Gasteiger partial charge in [-0.2, -0.15) is 0 Å². The Morgan fingerprint density at radius 2 is 1.34 bits per heavy atom. The van der Waals surface area contributed by atoms with E-state index in [0.717, 1.165) is 27.7 Å². The molecule has 44 heavy (non-hydrogen) atoms. The van der Waals surface area contributed by atoms with Crippen LogP contribution in [-0.4, -0.2) is 78.2 Å². The standard InChI is InChI=1S/C31H36O13/c1-16(2)39-22-9-7-21(8-10-22)13-25(36)24-12-11-23(14-26(24)37)43-31-30(42-20(6)35)29(41-19(5)34)28(40-18(4)33)27(44-31)15-38-17(3)32/h7-12,14,16,27-31,37H,13,15H2,1-6H3/t27-,28+,29-,30+,31-/m0/s1. The molecule has 0 bridgehead atoms. The first-order valence-electron chi connectivity index (χ1n) is 13.8. The molecule has 0 amide bonds. The highest BCUT2D eigenvalue weighted by Crippen LogP contribution is 2.33. The molecule has 0 unspecified atom stereocenters. The van der Waals surface area contributed by atoms with E-state index in [1.807, 2.05) is 13.8 Å². The predicted molar refractivity (Wildman–Crippen MR) is 151 cm³/mol. The summed E-state index contributed by atoms with van der Waals surface area (Å²) in [6, 6.07) is 10.9. The van der Waals surface area contributed by atoms with Crippen LogP contribution in [0.25, 0.3) is 0 Å².